The van der Waals surface area contributed by atoms with Crippen LogP contribution >= 0.6 is 0 Å². The summed E-state index contributed by atoms with van der Waals surface area (Å²) in [4.78, 5) is 0. The normalized spacial score (nSPS) is 8.89. The highest BCUT2D eigenvalue weighted by atomic mass is 15.3. The van der Waals surface area contributed by atoms with Gasteiger partial charge in [0.05, 0.1) is 0 Å². The zero-order chi connectivity index (χ0) is 6.85. The van der Waals surface area contributed by atoms with E-state index in [2.05, 4.69) is 5.10 Å². The summed E-state index contributed by atoms with van der Waals surface area (Å²) in [5.41, 5.74) is 1.49. The number of hydrogen-bond acceptors (Lipinski definition) is 2. The van der Waals surface area contributed by atoms with Crippen molar-refractivity contribution >= 4 is 13.4 Å². The van der Waals surface area contributed by atoms with E-state index in [4.69, 9.17) is 5.26 Å². The van der Waals surface area contributed by atoms with Gasteiger partial charge in [0.2, 0.25) is 0 Å². The standard InChI is InChI=1S/C5H6BN3/c1-9-5(6)2-4(3-7)8-9/h2H,6H2,1H3. The van der Waals surface area contributed by atoms with Crippen LogP contribution in [0.5, 0.6) is 0 Å². The van der Waals surface area contributed by atoms with Crippen molar-refractivity contribution in [3.05, 3.63) is 11.8 Å². The zero-order valence-corrected chi connectivity index (χ0v) is 5.42. The Bertz CT molecular complexity index is 238. The average molecular weight is 119 g/mol. The second kappa shape index (κ2) is 1.94. The molecule has 0 N–H and O–H groups in total. The Hall–Kier alpha value is -1.24. The molecule has 1 aromatic rings. The SMILES string of the molecule is Bc1cc(C#N)nn1C. The maximum Gasteiger partial charge on any atom is 0.163 e. The van der Waals surface area contributed by atoms with Gasteiger partial charge in [-0.15, -0.1) is 0 Å². The van der Waals surface area contributed by atoms with Gasteiger partial charge in [-0.05, 0) is 11.7 Å². The molecule has 0 saturated carbocycles. The van der Waals surface area contributed by atoms with E-state index >= 15 is 0 Å². The summed E-state index contributed by atoms with van der Waals surface area (Å²) in [6.45, 7) is 0. The molecule has 1 heterocycles. The van der Waals surface area contributed by atoms with Crippen molar-refractivity contribution in [2.24, 2.45) is 7.05 Å². The summed E-state index contributed by atoms with van der Waals surface area (Å²) in [6, 6.07) is 3.71. The lowest BCUT2D eigenvalue weighted by Crippen LogP contribution is -2.13. The minimum Gasteiger partial charge on any atom is -0.281 e. The molecule has 0 bridgehead atoms. The summed E-state index contributed by atoms with van der Waals surface area (Å²) in [6.07, 6.45) is 0. The first-order chi connectivity index (χ1) is 4.24. The predicted octanol–water partition coefficient (Wildman–Crippen LogP) is -1.45. The molecule has 0 spiro atoms. The molecule has 0 fully saturated rings. The zero-order valence-electron chi connectivity index (χ0n) is 5.42. The summed E-state index contributed by atoms with van der Waals surface area (Å²) in [5, 5.41) is 12.2. The molecule has 0 radical (unpaired) electrons. The smallest absolute Gasteiger partial charge is 0.163 e. The van der Waals surface area contributed by atoms with Gasteiger partial charge in [-0.1, -0.05) is 0 Å². The first-order valence-electron chi connectivity index (χ1n) is 2.65. The second-order valence-corrected chi connectivity index (χ2v) is 1.91. The van der Waals surface area contributed by atoms with Crippen LogP contribution in [0, 0.1) is 11.3 Å². The quantitative estimate of drug-likeness (QED) is 0.392. The largest absolute Gasteiger partial charge is 0.281 e. The molecule has 0 aliphatic heterocycles. The van der Waals surface area contributed by atoms with E-state index in [1.54, 1.807) is 10.7 Å². The molecular weight excluding hydrogens is 113 g/mol. The third-order valence-electron chi connectivity index (χ3n) is 1.23. The molecule has 1 aromatic heterocycles. The number of nitrogens with zero attached hydrogens (tertiary/aromatic N) is 3. The molecule has 0 aliphatic carbocycles. The number of hydrogen-bond donors (Lipinski definition) is 0. The Morgan fingerprint density at radius 2 is 2.56 bits per heavy atom. The Morgan fingerprint density at radius 1 is 1.89 bits per heavy atom. The van der Waals surface area contributed by atoms with E-state index in [-0.39, 0.29) is 0 Å². The molecule has 0 saturated heterocycles. The summed E-state index contributed by atoms with van der Waals surface area (Å²) in [5.74, 6) is 0. The molecule has 0 atom stereocenters. The average Bonchev–Trinajstić information content (AvgIpc) is 2.13. The van der Waals surface area contributed by atoms with E-state index in [1.807, 2.05) is 21.0 Å². The highest BCUT2D eigenvalue weighted by Gasteiger charge is 1.96. The summed E-state index contributed by atoms with van der Waals surface area (Å²) < 4.78 is 1.68. The van der Waals surface area contributed by atoms with Gasteiger partial charge in [-0.2, -0.15) is 10.4 Å². The molecule has 1 rings (SSSR count). The first kappa shape index (κ1) is 5.89. The highest BCUT2D eigenvalue weighted by molar-refractivity contribution is 6.30. The van der Waals surface area contributed by atoms with Crippen molar-refractivity contribution in [1.82, 2.24) is 9.78 Å². The van der Waals surface area contributed by atoms with E-state index in [0.717, 1.165) is 5.59 Å². The number of nitriles is 1. The molecule has 4 heteroatoms. The van der Waals surface area contributed by atoms with Crippen LogP contribution in [0.1, 0.15) is 5.69 Å². The van der Waals surface area contributed by atoms with Crippen molar-refractivity contribution in [1.29, 1.82) is 5.26 Å². The fourth-order valence-corrected chi connectivity index (χ4v) is 0.615. The second-order valence-electron chi connectivity index (χ2n) is 1.91. The van der Waals surface area contributed by atoms with E-state index in [0.29, 0.717) is 5.69 Å². The molecule has 0 unspecified atom stereocenters. The van der Waals surface area contributed by atoms with Crippen molar-refractivity contribution in [2.45, 2.75) is 0 Å². The Labute approximate surface area is 54.3 Å². The predicted molar refractivity (Wildman–Crippen MR) is 36.1 cm³/mol. The number of aromatic nitrogens is 2. The number of rotatable bonds is 0. The lowest BCUT2D eigenvalue weighted by atomic mass is 10.1. The van der Waals surface area contributed by atoms with Gasteiger partial charge in [0.25, 0.3) is 0 Å². The number of aryl methyl sites for hydroxylation is 1. The first-order valence-corrected chi connectivity index (χ1v) is 2.65. The highest BCUT2D eigenvalue weighted by Crippen LogP contribution is 1.84. The van der Waals surface area contributed by atoms with Gasteiger partial charge < -0.3 is 0 Å². The summed E-state index contributed by atoms with van der Waals surface area (Å²) >= 11 is 0. The maximum absolute atomic E-state index is 8.35. The summed E-state index contributed by atoms with van der Waals surface area (Å²) in [7, 11) is 3.73. The van der Waals surface area contributed by atoms with Crippen LogP contribution in [-0.2, 0) is 7.05 Å². The van der Waals surface area contributed by atoms with Crippen LogP contribution in [0.15, 0.2) is 6.07 Å². The van der Waals surface area contributed by atoms with Crippen molar-refractivity contribution in [3.63, 3.8) is 0 Å². The van der Waals surface area contributed by atoms with Crippen molar-refractivity contribution in [2.75, 3.05) is 0 Å². The van der Waals surface area contributed by atoms with Gasteiger partial charge in [-0.25, -0.2) is 0 Å². The fraction of sp³-hybridized carbons (Fsp3) is 0.200. The van der Waals surface area contributed by atoms with Crippen LogP contribution in [0.25, 0.3) is 0 Å². The van der Waals surface area contributed by atoms with Crippen LogP contribution in [0.3, 0.4) is 0 Å². The molecule has 0 aromatic carbocycles. The third-order valence-corrected chi connectivity index (χ3v) is 1.23. The molecule has 3 nitrogen and oxygen atoms in total. The lowest BCUT2D eigenvalue weighted by molar-refractivity contribution is 0.784. The van der Waals surface area contributed by atoms with Crippen LogP contribution < -0.4 is 5.59 Å². The molecular formula is C5H6BN3. The van der Waals surface area contributed by atoms with Crippen LogP contribution in [0.2, 0.25) is 0 Å². The Kier molecular flexibility index (Phi) is 1.27. The van der Waals surface area contributed by atoms with Gasteiger partial charge in [0, 0.05) is 7.05 Å². The van der Waals surface area contributed by atoms with Gasteiger partial charge in [0.1, 0.15) is 6.07 Å². The van der Waals surface area contributed by atoms with Crippen molar-refractivity contribution in [3.8, 4) is 6.07 Å². The lowest BCUT2D eigenvalue weighted by Gasteiger charge is -1.87. The van der Waals surface area contributed by atoms with Gasteiger partial charge >= 0.3 is 0 Å². The van der Waals surface area contributed by atoms with Crippen LogP contribution in [-0.4, -0.2) is 17.6 Å². The molecule has 9 heavy (non-hydrogen) atoms. The molecule has 0 amide bonds. The third kappa shape index (κ3) is 0.943. The monoisotopic (exact) mass is 119 g/mol. The Balaban J connectivity index is 3.16. The van der Waals surface area contributed by atoms with Gasteiger partial charge in [-0.3, -0.25) is 4.68 Å². The topological polar surface area (TPSA) is 41.6 Å². The minimum absolute atomic E-state index is 0.481. The van der Waals surface area contributed by atoms with Crippen LogP contribution in [0.4, 0.5) is 0 Å². The van der Waals surface area contributed by atoms with E-state index in [9.17, 15) is 0 Å². The fourth-order valence-electron chi connectivity index (χ4n) is 0.615. The molecule has 44 valence electrons. The minimum atomic E-state index is 0.481. The molecule has 0 aliphatic rings. The van der Waals surface area contributed by atoms with Gasteiger partial charge in [0.15, 0.2) is 13.5 Å². The Morgan fingerprint density at radius 3 is 2.78 bits per heavy atom. The van der Waals surface area contributed by atoms with E-state index in [1.165, 1.54) is 0 Å². The van der Waals surface area contributed by atoms with E-state index < -0.39 is 0 Å². The maximum atomic E-state index is 8.35. The van der Waals surface area contributed by atoms with Crippen molar-refractivity contribution < 1.29 is 0 Å².